The number of amides is 1. The summed E-state index contributed by atoms with van der Waals surface area (Å²) in [4.78, 5) is 26.3. The van der Waals surface area contributed by atoms with Crippen molar-refractivity contribution in [3.63, 3.8) is 0 Å². The van der Waals surface area contributed by atoms with Crippen LogP contribution in [0.15, 0.2) is 59.8 Å². The summed E-state index contributed by atoms with van der Waals surface area (Å²) < 4.78 is 10.0. The predicted octanol–water partition coefficient (Wildman–Crippen LogP) is 1.98. The van der Waals surface area contributed by atoms with E-state index in [0.717, 1.165) is 17.0 Å². The van der Waals surface area contributed by atoms with Gasteiger partial charge in [0.2, 0.25) is 0 Å². The topological polar surface area (TPSA) is 100 Å². The number of nitrogens with one attached hydrogen (secondary N) is 2. The van der Waals surface area contributed by atoms with Crippen LogP contribution >= 0.6 is 0 Å². The minimum atomic E-state index is -0.574. The number of aliphatic hydroxyl groups is 1. The van der Waals surface area contributed by atoms with Gasteiger partial charge >= 0.3 is 5.97 Å². The van der Waals surface area contributed by atoms with Crippen molar-refractivity contribution in [2.24, 2.45) is 0 Å². The number of rotatable bonds is 9. The van der Waals surface area contributed by atoms with Crippen LogP contribution in [0.3, 0.4) is 0 Å². The van der Waals surface area contributed by atoms with Gasteiger partial charge in [0.1, 0.15) is 11.4 Å². The fourth-order valence-electron chi connectivity index (χ4n) is 3.17. The number of aliphatic hydroxyl groups excluding tert-OH is 1. The van der Waals surface area contributed by atoms with E-state index in [1.807, 2.05) is 48.5 Å². The summed E-state index contributed by atoms with van der Waals surface area (Å²) in [5, 5.41) is 15.6. The highest BCUT2D eigenvalue weighted by Crippen LogP contribution is 2.28. The third kappa shape index (κ3) is 4.72. The molecule has 0 atom stereocenters. The number of para-hydroxylation sites is 2. The van der Waals surface area contributed by atoms with E-state index >= 15 is 0 Å². The molecule has 8 heteroatoms. The number of β-amino-alcohol motifs (C(OH)–C–C–N with tert-alkyl or cyclic N) is 1. The molecule has 158 valence electrons. The number of carbonyl (C=O) groups is 2. The number of esters is 1. The first kappa shape index (κ1) is 21.2. The molecule has 1 heterocycles. The van der Waals surface area contributed by atoms with Gasteiger partial charge < -0.3 is 30.1 Å². The summed E-state index contributed by atoms with van der Waals surface area (Å²) in [6, 6.07) is 15.1. The van der Waals surface area contributed by atoms with Crippen LogP contribution in [0, 0.1) is 0 Å². The lowest BCUT2D eigenvalue weighted by Crippen LogP contribution is -2.31. The van der Waals surface area contributed by atoms with Gasteiger partial charge in [-0.25, -0.2) is 4.79 Å². The zero-order chi connectivity index (χ0) is 21.5. The SMILES string of the molecule is COC(=O)C1=C(Nc2ccccc2NCc2ccc(OC)cc2)C(=O)N(CCO)C1. The standard InChI is InChI=1S/C22H25N3O5/c1-29-16-9-7-15(8-10-16)13-23-18-5-3-4-6-19(18)24-20-17(22(28)30-2)14-25(11-12-26)21(20)27/h3-10,23-24,26H,11-14H2,1-2H3. The molecule has 8 nitrogen and oxygen atoms in total. The Morgan fingerprint density at radius 3 is 2.43 bits per heavy atom. The van der Waals surface area contributed by atoms with Gasteiger partial charge in [-0.2, -0.15) is 0 Å². The molecule has 0 spiro atoms. The van der Waals surface area contributed by atoms with Crippen molar-refractivity contribution in [3.05, 3.63) is 65.4 Å². The van der Waals surface area contributed by atoms with E-state index in [1.165, 1.54) is 12.0 Å². The van der Waals surface area contributed by atoms with E-state index < -0.39 is 5.97 Å². The summed E-state index contributed by atoms with van der Waals surface area (Å²) in [6.07, 6.45) is 0. The number of hydrogen-bond acceptors (Lipinski definition) is 7. The van der Waals surface area contributed by atoms with Crippen molar-refractivity contribution in [2.75, 3.05) is 44.5 Å². The Morgan fingerprint density at radius 1 is 1.10 bits per heavy atom. The lowest BCUT2D eigenvalue weighted by Gasteiger charge is -2.17. The van der Waals surface area contributed by atoms with Crippen molar-refractivity contribution >= 4 is 23.3 Å². The monoisotopic (exact) mass is 411 g/mol. The Labute approximate surface area is 175 Å². The van der Waals surface area contributed by atoms with Crippen molar-refractivity contribution < 1.29 is 24.2 Å². The molecule has 1 aliphatic heterocycles. The molecular weight excluding hydrogens is 386 g/mol. The average molecular weight is 411 g/mol. The molecule has 3 N–H and O–H groups in total. The molecule has 1 aliphatic rings. The second-order valence-electron chi connectivity index (χ2n) is 6.67. The van der Waals surface area contributed by atoms with E-state index in [-0.39, 0.29) is 36.9 Å². The largest absolute Gasteiger partial charge is 0.497 e. The van der Waals surface area contributed by atoms with Gasteiger partial charge in [-0.15, -0.1) is 0 Å². The van der Waals surface area contributed by atoms with Crippen LogP contribution in [0.4, 0.5) is 11.4 Å². The zero-order valence-electron chi connectivity index (χ0n) is 17.0. The third-order valence-electron chi connectivity index (χ3n) is 4.78. The highest BCUT2D eigenvalue weighted by molar-refractivity contribution is 6.09. The first-order chi connectivity index (χ1) is 14.6. The van der Waals surface area contributed by atoms with E-state index in [0.29, 0.717) is 12.2 Å². The molecule has 30 heavy (non-hydrogen) atoms. The van der Waals surface area contributed by atoms with Gasteiger partial charge in [-0.3, -0.25) is 4.79 Å². The van der Waals surface area contributed by atoms with Crippen LogP contribution in [-0.4, -0.2) is 55.8 Å². The number of nitrogens with zero attached hydrogens (tertiary/aromatic N) is 1. The van der Waals surface area contributed by atoms with Gasteiger partial charge in [0.25, 0.3) is 5.91 Å². The molecule has 0 saturated heterocycles. The Hall–Kier alpha value is -3.52. The molecule has 0 bridgehead atoms. The van der Waals surface area contributed by atoms with Crippen molar-refractivity contribution in [2.45, 2.75) is 6.54 Å². The lowest BCUT2D eigenvalue weighted by atomic mass is 10.2. The van der Waals surface area contributed by atoms with Gasteiger partial charge in [-0.1, -0.05) is 24.3 Å². The maximum atomic E-state index is 12.7. The molecule has 2 aromatic rings. The molecule has 3 rings (SSSR count). The van der Waals surface area contributed by atoms with Gasteiger partial charge in [0, 0.05) is 13.1 Å². The Balaban J connectivity index is 1.80. The summed E-state index contributed by atoms with van der Waals surface area (Å²) in [5.74, 6) is -0.139. The van der Waals surface area contributed by atoms with E-state index in [2.05, 4.69) is 10.6 Å². The average Bonchev–Trinajstić information content (AvgIpc) is 3.08. The number of benzene rings is 2. The maximum absolute atomic E-state index is 12.7. The van der Waals surface area contributed by atoms with Gasteiger partial charge in [0.05, 0.1) is 44.3 Å². The van der Waals surface area contributed by atoms with Crippen LogP contribution in [0.1, 0.15) is 5.56 Å². The molecule has 0 radical (unpaired) electrons. The van der Waals surface area contributed by atoms with Crippen LogP contribution in [0.2, 0.25) is 0 Å². The first-order valence-electron chi connectivity index (χ1n) is 9.51. The number of hydrogen-bond donors (Lipinski definition) is 3. The van der Waals surface area contributed by atoms with Gasteiger partial charge in [-0.05, 0) is 29.8 Å². The Morgan fingerprint density at radius 2 is 1.80 bits per heavy atom. The highest BCUT2D eigenvalue weighted by Gasteiger charge is 2.34. The van der Waals surface area contributed by atoms with Crippen LogP contribution in [0.25, 0.3) is 0 Å². The number of methoxy groups -OCH3 is 2. The zero-order valence-corrected chi connectivity index (χ0v) is 17.0. The number of carbonyl (C=O) groups excluding carboxylic acids is 2. The molecule has 0 unspecified atom stereocenters. The van der Waals surface area contributed by atoms with Crippen LogP contribution in [0.5, 0.6) is 5.75 Å². The summed E-state index contributed by atoms with van der Waals surface area (Å²) in [7, 11) is 2.90. The second-order valence-corrected chi connectivity index (χ2v) is 6.67. The summed E-state index contributed by atoms with van der Waals surface area (Å²) in [6.45, 7) is 0.612. The van der Waals surface area contributed by atoms with E-state index in [1.54, 1.807) is 7.11 Å². The maximum Gasteiger partial charge on any atom is 0.337 e. The molecule has 0 aliphatic carbocycles. The Kier molecular flexibility index (Phi) is 6.92. The molecule has 2 aromatic carbocycles. The predicted molar refractivity (Wildman–Crippen MR) is 113 cm³/mol. The molecule has 0 aromatic heterocycles. The van der Waals surface area contributed by atoms with Crippen LogP contribution < -0.4 is 15.4 Å². The molecule has 0 saturated carbocycles. The van der Waals surface area contributed by atoms with Gasteiger partial charge in [0.15, 0.2) is 0 Å². The highest BCUT2D eigenvalue weighted by atomic mass is 16.5. The molecule has 0 fully saturated rings. The minimum Gasteiger partial charge on any atom is -0.497 e. The fraction of sp³-hybridized carbons (Fsp3) is 0.273. The number of anilines is 2. The van der Waals surface area contributed by atoms with Crippen LogP contribution in [-0.2, 0) is 20.9 Å². The minimum absolute atomic E-state index is 0.0931. The molecule has 1 amide bonds. The number of ether oxygens (including phenoxy) is 2. The normalized spacial score (nSPS) is 13.4. The fourth-order valence-corrected chi connectivity index (χ4v) is 3.17. The van der Waals surface area contributed by atoms with E-state index in [9.17, 15) is 14.7 Å². The molecular formula is C22H25N3O5. The summed E-state index contributed by atoms with van der Waals surface area (Å²) in [5.41, 5.74) is 2.89. The lowest BCUT2D eigenvalue weighted by molar-refractivity contribution is -0.136. The summed E-state index contributed by atoms with van der Waals surface area (Å²) >= 11 is 0. The second kappa shape index (κ2) is 9.80. The quantitative estimate of drug-likeness (QED) is 0.543. The Bertz CT molecular complexity index is 940. The van der Waals surface area contributed by atoms with Crippen molar-refractivity contribution in [1.82, 2.24) is 4.90 Å². The van der Waals surface area contributed by atoms with Crippen molar-refractivity contribution in [1.29, 1.82) is 0 Å². The van der Waals surface area contributed by atoms with Crippen molar-refractivity contribution in [3.8, 4) is 5.75 Å². The first-order valence-corrected chi connectivity index (χ1v) is 9.51. The third-order valence-corrected chi connectivity index (χ3v) is 4.78. The van der Waals surface area contributed by atoms with E-state index in [4.69, 9.17) is 9.47 Å². The smallest absolute Gasteiger partial charge is 0.337 e.